The van der Waals surface area contributed by atoms with E-state index in [1.54, 1.807) is 0 Å². The lowest BCUT2D eigenvalue weighted by molar-refractivity contribution is -0.144. The molecule has 0 amide bonds. The normalized spacial score (nSPS) is 35.0. The summed E-state index contributed by atoms with van der Waals surface area (Å²) in [6, 6.07) is 0. The first-order chi connectivity index (χ1) is 5.14. The summed E-state index contributed by atoms with van der Waals surface area (Å²) in [5.41, 5.74) is 0. The van der Waals surface area contributed by atoms with Crippen LogP contribution in [0.25, 0.3) is 0 Å². The molecular formula is C7H10Br2O2. The summed E-state index contributed by atoms with van der Waals surface area (Å²) in [4.78, 5) is 11.1. The molecule has 0 radical (unpaired) electrons. The van der Waals surface area contributed by atoms with Crippen molar-refractivity contribution in [2.45, 2.75) is 17.7 Å². The van der Waals surface area contributed by atoms with Gasteiger partial charge in [0.05, 0.1) is 12.5 Å². The van der Waals surface area contributed by atoms with E-state index in [1.165, 1.54) is 0 Å². The van der Waals surface area contributed by atoms with Crippen LogP contribution in [0.2, 0.25) is 0 Å². The number of alkyl halides is 2. The second-order valence-electron chi connectivity index (χ2n) is 2.68. The van der Waals surface area contributed by atoms with Gasteiger partial charge >= 0.3 is 5.97 Å². The van der Waals surface area contributed by atoms with Crippen molar-refractivity contribution in [3.63, 3.8) is 0 Å². The quantitative estimate of drug-likeness (QED) is 0.586. The van der Waals surface area contributed by atoms with Gasteiger partial charge in [-0.2, -0.15) is 0 Å². The summed E-state index contributed by atoms with van der Waals surface area (Å²) in [5, 5.41) is 0.809. The van der Waals surface area contributed by atoms with Crippen molar-refractivity contribution in [2.75, 3.05) is 11.9 Å². The van der Waals surface area contributed by atoms with Gasteiger partial charge in [-0.3, -0.25) is 4.79 Å². The van der Waals surface area contributed by atoms with Crippen LogP contribution in [0.15, 0.2) is 0 Å². The molecule has 1 fully saturated rings. The van der Waals surface area contributed by atoms with Crippen molar-refractivity contribution in [1.82, 2.24) is 0 Å². The molecule has 0 spiro atoms. The molecule has 1 saturated carbocycles. The number of hydrogen-bond acceptors (Lipinski definition) is 2. The molecular weight excluding hydrogens is 276 g/mol. The number of ether oxygens (including phenoxy) is 1. The summed E-state index contributed by atoms with van der Waals surface area (Å²) in [6.45, 7) is 2.30. The molecule has 1 aliphatic rings. The predicted molar refractivity (Wildman–Crippen MR) is 50.2 cm³/mol. The summed E-state index contributed by atoms with van der Waals surface area (Å²) < 4.78 is 4.86. The third-order valence-electron chi connectivity index (χ3n) is 1.80. The van der Waals surface area contributed by atoms with Crippen molar-refractivity contribution in [3.05, 3.63) is 0 Å². The fourth-order valence-corrected chi connectivity index (χ4v) is 2.10. The highest BCUT2D eigenvalue weighted by Crippen LogP contribution is 2.52. The van der Waals surface area contributed by atoms with Crippen LogP contribution in [-0.2, 0) is 9.53 Å². The maximum atomic E-state index is 11.1. The van der Waals surface area contributed by atoms with Crippen LogP contribution in [0.1, 0.15) is 13.3 Å². The van der Waals surface area contributed by atoms with Gasteiger partial charge < -0.3 is 4.74 Å². The van der Waals surface area contributed by atoms with E-state index in [9.17, 15) is 4.79 Å². The first kappa shape index (κ1) is 9.52. The van der Waals surface area contributed by atoms with Crippen LogP contribution < -0.4 is 0 Å². The summed E-state index contributed by atoms with van der Waals surface area (Å²) in [6.07, 6.45) is 0.886. The molecule has 0 aliphatic heterocycles. The summed E-state index contributed by atoms with van der Waals surface area (Å²) >= 11 is 6.82. The van der Waals surface area contributed by atoms with E-state index in [0.717, 1.165) is 11.8 Å². The van der Waals surface area contributed by atoms with Crippen molar-refractivity contribution in [2.24, 2.45) is 5.92 Å². The monoisotopic (exact) mass is 284 g/mol. The second-order valence-corrected chi connectivity index (χ2v) is 4.82. The highest BCUT2D eigenvalue weighted by molar-refractivity contribution is 9.12. The molecule has 4 heteroatoms. The number of halogens is 2. The molecule has 2 nitrogen and oxygen atoms in total. The smallest absolute Gasteiger partial charge is 0.310 e. The van der Waals surface area contributed by atoms with Crippen LogP contribution >= 0.6 is 31.9 Å². The average Bonchev–Trinajstić information content (AvgIpc) is 2.65. The molecule has 11 heavy (non-hydrogen) atoms. The Morgan fingerprint density at radius 1 is 1.82 bits per heavy atom. The Morgan fingerprint density at radius 2 is 2.45 bits per heavy atom. The number of carbonyl (C=O) groups is 1. The lowest BCUT2D eigenvalue weighted by Crippen LogP contribution is -2.14. The maximum Gasteiger partial charge on any atom is 0.310 e. The zero-order valence-electron chi connectivity index (χ0n) is 6.27. The predicted octanol–water partition coefficient (Wildman–Crippen LogP) is 2.10. The third kappa shape index (κ3) is 1.96. The Morgan fingerprint density at radius 3 is 2.82 bits per heavy atom. The van der Waals surface area contributed by atoms with Crippen LogP contribution in [0.5, 0.6) is 0 Å². The van der Waals surface area contributed by atoms with E-state index < -0.39 is 0 Å². The molecule has 0 bridgehead atoms. The van der Waals surface area contributed by atoms with E-state index in [1.807, 2.05) is 6.92 Å². The molecule has 0 heterocycles. The van der Waals surface area contributed by atoms with Crippen molar-refractivity contribution in [3.8, 4) is 0 Å². The Kier molecular flexibility index (Phi) is 2.97. The van der Waals surface area contributed by atoms with Gasteiger partial charge in [0.15, 0.2) is 0 Å². The molecule has 0 saturated heterocycles. The van der Waals surface area contributed by atoms with Gasteiger partial charge in [0.25, 0.3) is 0 Å². The van der Waals surface area contributed by atoms with E-state index in [2.05, 4.69) is 31.9 Å². The van der Waals surface area contributed by atoms with Gasteiger partial charge in [-0.25, -0.2) is 0 Å². The van der Waals surface area contributed by atoms with E-state index in [0.29, 0.717) is 6.61 Å². The first-order valence-electron chi connectivity index (χ1n) is 3.55. The Balaban J connectivity index is 2.36. The Bertz CT molecular complexity index is 172. The molecule has 64 valence electrons. The number of carbonyl (C=O) groups excluding carboxylic acids is 1. The fraction of sp³-hybridized carbons (Fsp3) is 0.857. The molecule has 0 aromatic rings. The van der Waals surface area contributed by atoms with E-state index in [-0.39, 0.29) is 16.2 Å². The van der Waals surface area contributed by atoms with Gasteiger partial charge in [-0.1, -0.05) is 31.9 Å². The van der Waals surface area contributed by atoms with Crippen LogP contribution in [0.4, 0.5) is 0 Å². The van der Waals surface area contributed by atoms with Gasteiger partial charge in [0, 0.05) is 9.65 Å². The number of esters is 1. The molecule has 0 unspecified atom stereocenters. The largest absolute Gasteiger partial charge is 0.466 e. The second kappa shape index (κ2) is 3.44. The third-order valence-corrected chi connectivity index (χ3v) is 4.71. The fourth-order valence-electron chi connectivity index (χ4n) is 0.965. The molecule has 0 aromatic carbocycles. The minimum atomic E-state index is -0.0798. The van der Waals surface area contributed by atoms with E-state index >= 15 is 0 Å². The lowest BCUT2D eigenvalue weighted by atomic mass is 10.3. The topological polar surface area (TPSA) is 26.3 Å². The first-order valence-corrected chi connectivity index (χ1v) is 5.47. The maximum absolute atomic E-state index is 11.1. The van der Waals surface area contributed by atoms with Crippen molar-refractivity contribution < 1.29 is 9.53 Å². The standard InChI is InChI=1S/C7H10Br2O2/c1-2-11-6(10)5-3-7(5,9)4-8/h5H,2-4H2,1H3/t5-,7-/m0/s1. The zero-order chi connectivity index (χ0) is 8.48. The van der Waals surface area contributed by atoms with Gasteiger partial charge in [0.2, 0.25) is 0 Å². The Labute approximate surface area is 82.9 Å². The zero-order valence-corrected chi connectivity index (χ0v) is 9.44. The SMILES string of the molecule is CCOC(=O)[C@@H]1C[C@]1(Br)CBr. The molecule has 2 atom stereocenters. The highest BCUT2D eigenvalue weighted by atomic mass is 79.9. The number of hydrogen-bond donors (Lipinski definition) is 0. The van der Waals surface area contributed by atoms with Gasteiger partial charge in [0.1, 0.15) is 0 Å². The summed E-state index contributed by atoms with van der Waals surface area (Å²) in [5.74, 6) is -0.0225. The van der Waals surface area contributed by atoms with Crippen molar-refractivity contribution in [1.29, 1.82) is 0 Å². The molecule has 1 aliphatic carbocycles. The number of rotatable bonds is 3. The minimum Gasteiger partial charge on any atom is -0.466 e. The van der Waals surface area contributed by atoms with Crippen LogP contribution in [0.3, 0.4) is 0 Å². The van der Waals surface area contributed by atoms with Crippen LogP contribution in [-0.4, -0.2) is 22.2 Å². The molecule has 0 N–H and O–H groups in total. The molecule has 1 rings (SSSR count). The lowest BCUT2D eigenvalue weighted by Gasteiger charge is -2.03. The Hall–Kier alpha value is 0.430. The summed E-state index contributed by atoms with van der Waals surface area (Å²) in [7, 11) is 0. The minimum absolute atomic E-state index is 0.0146. The van der Waals surface area contributed by atoms with Crippen LogP contribution in [0, 0.1) is 5.92 Å². The van der Waals surface area contributed by atoms with Crippen molar-refractivity contribution >= 4 is 37.8 Å². The molecule has 0 aromatic heterocycles. The van der Waals surface area contributed by atoms with Gasteiger partial charge in [-0.15, -0.1) is 0 Å². The average molecular weight is 286 g/mol. The van der Waals surface area contributed by atoms with Gasteiger partial charge in [-0.05, 0) is 13.3 Å². The highest BCUT2D eigenvalue weighted by Gasteiger charge is 2.56. The van der Waals surface area contributed by atoms with E-state index in [4.69, 9.17) is 4.74 Å².